The number of hydrogen-bond donors (Lipinski definition) is 3. The SMILES string of the molecule is C=C(Nc1cncc(-c2cc3c(-c4nc5c(-c6cccc(F)c6)nccc5[nH]4)n[nH]c3cn2)c1)c1ccccc1. The summed E-state index contributed by atoms with van der Waals surface area (Å²) >= 11 is 0. The quantitative estimate of drug-likeness (QED) is 0.220. The van der Waals surface area contributed by atoms with Crippen LogP contribution in [-0.2, 0) is 0 Å². The number of aromatic nitrogens is 7. The maximum atomic E-state index is 13.9. The van der Waals surface area contributed by atoms with Crippen LogP contribution in [0.15, 0.2) is 104 Å². The molecule has 0 aliphatic carbocycles. The van der Waals surface area contributed by atoms with Gasteiger partial charge in [-0.1, -0.05) is 49.0 Å². The van der Waals surface area contributed by atoms with Crippen molar-refractivity contribution >= 4 is 33.3 Å². The van der Waals surface area contributed by atoms with Crippen molar-refractivity contribution in [3.05, 3.63) is 116 Å². The van der Waals surface area contributed by atoms with Gasteiger partial charge in [0.05, 0.1) is 40.5 Å². The highest BCUT2D eigenvalue weighted by Crippen LogP contribution is 2.32. The van der Waals surface area contributed by atoms with Crippen LogP contribution in [0.2, 0.25) is 0 Å². The van der Waals surface area contributed by atoms with Gasteiger partial charge in [-0.25, -0.2) is 9.37 Å². The Kier molecular flexibility index (Phi) is 5.59. The molecule has 0 saturated heterocycles. The van der Waals surface area contributed by atoms with E-state index in [4.69, 9.17) is 4.98 Å². The molecule has 0 fully saturated rings. The predicted molar refractivity (Wildman–Crippen MR) is 154 cm³/mol. The third-order valence-electron chi connectivity index (χ3n) is 6.62. The Hall–Kier alpha value is -5.70. The summed E-state index contributed by atoms with van der Waals surface area (Å²) in [6.45, 7) is 4.15. The van der Waals surface area contributed by atoms with E-state index in [1.54, 1.807) is 30.9 Å². The van der Waals surface area contributed by atoms with E-state index in [1.165, 1.54) is 12.1 Å². The number of aromatic amines is 2. The summed E-state index contributed by atoms with van der Waals surface area (Å²) in [6.07, 6.45) is 6.93. The number of benzene rings is 2. The minimum absolute atomic E-state index is 0.330. The summed E-state index contributed by atoms with van der Waals surface area (Å²) in [4.78, 5) is 21.7. The highest BCUT2D eigenvalue weighted by atomic mass is 19.1. The molecule has 192 valence electrons. The molecule has 5 heterocycles. The van der Waals surface area contributed by atoms with Crippen LogP contribution in [0.3, 0.4) is 0 Å². The van der Waals surface area contributed by atoms with E-state index in [-0.39, 0.29) is 5.82 Å². The first-order valence-electron chi connectivity index (χ1n) is 12.5. The molecule has 0 spiro atoms. The minimum Gasteiger partial charge on any atom is -0.354 e. The lowest BCUT2D eigenvalue weighted by molar-refractivity contribution is 0.628. The van der Waals surface area contributed by atoms with Crippen molar-refractivity contribution in [1.29, 1.82) is 0 Å². The fourth-order valence-electron chi connectivity index (χ4n) is 4.68. The van der Waals surface area contributed by atoms with E-state index in [1.807, 2.05) is 54.6 Å². The highest BCUT2D eigenvalue weighted by Gasteiger charge is 2.17. The zero-order valence-corrected chi connectivity index (χ0v) is 21.1. The normalized spacial score (nSPS) is 11.2. The number of nitrogens with zero attached hydrogens (tertiary/aromatic N) is 5. The molecule has 0 radical (unpaired) electrons. The second-order valence-electron chi connectivity index (χ2n) is 9.27. The van der Waals surface area contributed by atoms with Gasteiger partial charge < -0.3 is 10.3 Å². The van der Waals surface area contributed by atoms with Crippen molar-refractivity contribution < 1.29 is 4.39 Å². The van der Waals surface area contributed by atoms with Crippen LogP contribution < -0.4 is 5.32 Å². The van der Waals surface area contributed by atoms with Gasteiger partial charge in [0.1, 0.15) is 17.0 Å². The lowest BCUT2D eigenvalue weighted by atomic mass is 10.1. The topological polar surface area (TPSA) is 108 Å². The average Bonchev–Trinajstić information content (AvgIpc) is 3.61. The molecule has 9 heteroatoms. The zero-order chi connectivity index (χ0) is 27.1. The first-order chi connectivity index (χ1) is 19.6. The van der Waals surface area contributed by atoms with Gasteiger partial charge in [-0.2, -0.15) is 5.10 Å². The van der Waals surface area contributed by atoms with E-state index in [2.05, 4.69) is 42.0 Å². The maximum Gasteiger partial charge on any atom is 0.159 e. The molecule has 8 nitrogen and oxygen atoms in total. The number of imidazole rings is 1. The summed E-state index contributed by atoms with van der Waals surface area (Å²) in [5, 5.41) is 11.7. The Balaban J connectivity index is 1.25. The first-order valence-corrected chi connectivity index (χ1v) is 12.5. The fraction of sp³-hybridized carbons (Fsp3) is 0. The molecule has 5 aromatic heterocycles. The van der Waals surface area contributed by atoms with Gasteiger partial charge in [0, 0.05) is 34.6 Å². The Morgan fingerprint density at radius 1 is 0.825 bits per heavy atom. The molecule has 0 aliphatic heterocycles. The van der Waals surface area contributed by atoms with Gasteiger partial charge in [-0.15, -0.1) is 0 Å². The van der Waals surface area contributed by atoms with Gasteiger partial charge in [-0.3, -0.25) is 20.1 Å². The van der Waals surface area contributed by atoms with Crippen LogP contribution in [0, 0.1) is 5.82 Å². The van der Waals surface area contributed by atoms with Crippen molar-refractivity contribution in [3.63, 3.8) is 0 Å². The molecule has 7 rings (SSSR count). The molecule has 0 unspecified atom stereocenters. The van der Waals surface area contributed by atoms with Crippen molar-refractivity contribution in [3.8, 4) is 34.0 Å². The summed E-state index contributed by atoms with van der Waals surface area (Å²) in [5.41, 5.74) is 8.20. The number of hydrogen-bond acceptors (Lipinski definition) is 6. The third-order valence-corrected chi connectivity index (χ3v) is 6.62. The molecule has 3 N–H and O–H groups in total. The standard InChI is InChI=1S/C31H21FN8/c1-18(19-6-3-2-4-7-19)36-23-13-21(15-33-16-23)26-14-24-27(17-35-26)39-40-29(24)31-37-25-10-11-34-28(30(25)38-31)20-8-5-9-22(32)12-20/h2-17,36H,1H2,(H,37,38)(H,39,40). The summed E-state index contributed by atoms with van der Waals surface area (Å²) in [5.74, 6) is 0.236. The molecular weight excluding hydrogens is 503 g/mol. The molecule has 0 saturated carbocycles. The van der Waals surface area contributed by atoms with Gasteiger partial charge in [0.25, 0.3) is 0 Å². The second kappa shape index (κ2) is 9.55. The van der Waals surface area contributed by atoms with Crippen LogP contribution >= 0.6 is 0 Å². The number of H-pyrrole nitrogens is 2. The summed E-state index contributed by atoms with van der Waals surface area (Å²) in [7, 11) is 0. The molecule has 7 aromatic rings. The minimum atomic E-state index is -0.330. The fourth-order valence-corrected chi connectivity index (χ4v) is 4.68. The van der Waals surface area contributed by atoms with Crippen LogP contribution in [-0.4, -0.2) is 35.1 Å². The van der Waals surface area contributed by atoms with E-state index in [0.717, 1.165) is 44.6 Å². The number of fused-ring (bicyclic) bond motifs is 2. The number of anilines is 1. The van der Waals surface area contributed by atoms with Gasteiger partial charge in [0.2, 0.25) is 0 Å². The lowest BCUT2D eigenvalue weighted by Crippen LogP contribution is -1.98. The second-order valence-corrected chi connectivity index (χ2v) is 9.27. The zero-order valence-electron chi connectivity index (χ0n) is 21.1. The largest absolute Gasteiger partial charge is 0.354 e. The number of rotatable bonds is 6. The molecule has 0 bridgehead atoms. The van der Waals surface area contributed by atoms with Crippen LogP contribution in [0.1, 0.15) is 5.56 Å². The molecule has 0 aliphatic rings. The van der Waals surface area contributed by atoms with Crippen molar-refractivity contribution in [2.24, 2.45) is 0 Å². The van der Waals surface area contributed by atoms with E-state index in [0.29, 0.717) is 28.3 Å². The molecule has 0 atom stereocenters. The van der Waals surface area contributed by atoms with Gasteiger partial charge in [0.15, 0.2) is 5.82 Å². The van der Waals surface area contributed by atoms with Crippen molar-refractivity contribution in [2.45, 2.75) is 0 Å². The van der Waals surface area contributed by atoms with Crippen LogP contribution in [0.5, 0.6) is 0 Å². The number of halogens is 1. The van der Waals surface area contributed by atoms with Crippen LogP contribution in [0.25, 0.3) is 61.7 Å². The van der Waals surface area contributed by atoms with Crippen LogP contribution in [0.4, 0.5) is 10.1 Å². The van der Waals surface area contributed by atoms with E-state index < -0.39 is 0 Å². The van der Waals surface area contributed by atoms with E-state index >= 15 is 0 Å². The lowest BCUT2D eigenvalue weighted by Gasteiger charge is -2.10. The Morgan fingerprint density at radius 2 is 1.73 bits per heavy atom. The summed E-state index contributed by atoms with van der Waals surface area (Å²) in [6, 6.07) is 22.0. The summed E-state index contributed by atoms with van der Waals surface area (Å²) < 4.78 is 13.9. The van der Waals surface area contributed by atoms with Crippen molar-refractivity contribution in [2.75, 3.05) is 5.32 Å². The monoisotopic (exact) mass is 524 g/mol. The Morgan fingerprint density at radius 3 is 2.60 bits per heavy atom. The van der Waals surface area contributed by atoms with E-state index in [9.17, 15) is 4.39 Å². The predicted octanol–water partition coefficient (Wildman–Crippen LogP) is 6.85. The smallest absolute Gasteiger partial charge is 0.159 e. The third kappa shape index (κ3) is 4.25. The number of pyridine rings is 3. The van der Waals surface area contributed by atoms with Gasteiger partial charge >= 0.3 is 0 Å². The Labute approximate surface area is 227 Å². The van der Waals surface area contributed by atoms with Crippen molar-refractivity contribution in [1.82, 2.24) is 35.1 Å². The molecule has 2 aromatic carbocycles. The number of nitrogens with one attached hydrogen (secondary N) is 3. The molecule has 40 heavy (non-hydrogen) atoms. The molecular formula is C31H21FN8. The first kappa shape index (κ1) is 23.4. The van der Waals surface area contributed by atoms with Gasteiger partial charge in [-0.05, 0) is 35.9 Å². The Bertz CT molecular complexity index is 2030. The highest BCUT2D eigenvalue weighted by molar-refractivity contribution is 5.97. The average molecular weight is 525 g/mol. The molecule has 0 amide bonds. The maximum absolute atomic E-state index is 13.9.